The predicted octanol–water partition coefficient (Wildman–Crippen LogP) is 0.555. The molecule has 1 atom stereocenters. The third-order valence-electron chi connectivity index (χ3n) is 4.09. The van der Waals surface area contributed by atoms with E-state index >= 15 is 0 Å². The summed E-state index contributed by atoms with van der Waals surface area (Å²) >= 11 is 0. The number of aliphatic hydroxyl groups is 1. The Kier molecular flexibility index (Phi) is 2.98. The molecule has 1 aliphatic heterocycles. The van der Waals surface area contributed by atoms with Gasteiger partial charge in [0.2, 0.25) is 0 Å². The molecule has 1 unspecified atom stereocenters. The largest absolute Gasteiger partial charge is 0.481 e. The van der Waals surface area contributed by atoms with Gasteiger partial charge in [-0.1, -0.05) is 6.42 Å². The highest BCUT2D eigenvalue weighted by Gasteiger charge is 2.49. The second-order valence-electron chi connectivity index (χ2n) is 4.97. The van der Waals surface area contributed by atoms with Crippen LogP contribution in [0.4, 0.5) is 0 Å². The van der Waals surface area contributed by atoms with Crippen LogP contribution >= 0.6 is 0 Å². The molecule has 2 N–H and O–H groups in total. The highest BCUT2D eigenvalue weighted by atomic mass is 16.4. The highest BCUT2D eigenvalue weighted by Crippen LogP contribution is 2.51. The summed E-state index contributed by atoms with van der Waals surface area (Å²) in [5, 5.41) is 17.9. The molecule has 0 aromatic carbocycles. The van der Waals surface area contributed by atoms with E-state index in [-0.39, 0.29) is 13.0 Å². The minimum Gasteiger partial charge on any atom is -0.481 e. The molecule has 0 amide bonds. The molecule has 2 fully saturated rings. The lowest BCUT2D eigenvalue weighted by Crippen LogP contribution is -2.39. The van der Waals surface area contributed by atoms with Gasteiger partial charge in [0.05, 0.1) is 6.42 Å². The van der Waals surface area contributed by atoms with Crippen LogP contribution in [0, 0.1) is 11.3 Å². The van der Waals surface area contributed by atoms with Crippen molar-refractivity contribution in [3.8, 4) is 0 Å². The zero-order valence-corrected chi connectivity index (χ0v) is 8.98. The number of hydrogen-bond acceptors (Lipinski definition) is 3. The minimum atomic E-state index is -0.731. The number of aliphatic hydroxyl groups excluding tert-OH is 1. The van der Waals surface area contributed by atoms with Crippen molar-refractivity contribution < 1.29 is 15.0 Å². The Morgan fingerprint density at radius 2 is 2.20 bits per heavy atom. The number of hydrogen-bond donors (Lipinski definition) is 2. The molecule has 86 valence electrons. The summed E-state index contributed by atoms with van der Waals surface area (Å²) in [7, 11) is 0. The SMILES string of the molecule is O=C(O)CCN1CC(CO)C2(CCC2)C1. The van der Waals surface area contributed by atoms with E-state index in [4.69, 9.17) is 5.11 Å². The number of carboxylic acids is 1. The van der Waals surface area contributed by atoms with Crippen LogP contribution < -0.4 is 0 Å². The normalized spacial score (nSPS) is 29.3. The molecule has 1 aliphatic carbocycles. The van der Waals surface area contributed by atoms with Gasteiger partial charge in [-0.3, -0.25) is 4.79 Å². The Morgan fingerprint density at radius 3 is 2.60 bits per heavy atom. The summed E-state index contributed by atoms with van der Waals surface area (Å²) < 4.78 is 0. The van der Waals surface area contributed by atoms with Gasteiger partial charge in [-0.05, 0) is 18.3 Å². The topological polar surface area (TPSA) is 60.8 Å². The number of likely N-dealkylation sites (tertiary alicyclic amines) is 1. The number of carbonyl (C=O) groups is 1. The van der Waals surface area contributed by atoms with E-state index in [1.165, 1.54) is 19.3 Å². The van der Waals surface area contributed by atoms with Crippen LogP contribution in [0.3, 0.4) is 0 Å². The standard InChI is InChI=1S/C11H19NO3/c13-7-9-6-12(5-2-10(14)15)8-11(9)3-1-4-11/h9,13H,1-8H2,(H,14,15). The Labute approximate surface area is 89.9 Å². The zero-order valence-electron chi connectivity index (χ0n) is 8.98. The lowest BCUT2D eigenvalue weighted by Gasteiger charge is -2.42. The first kappa shape index (κ1) is 10.9. The van der Waals surface area contributed by atoms with Crippen molar-refractivity contribution in [2.24, 2.45) is 11.3 Å². The molecule has 0 aromatic heterocycles. The van der Waals surface area contributed by atoms with E-state index in [9.17, 15) is 9.90 Å². The van der Waals surface area contributed by atoms with Gasteiger partial charge in [0.15, 0.2) is 0 Å². The van der Waals surface area contributed by atoms with Gasteiger partial charge < -0.3 is 15.1 Å². The van der Waals surface area contributed by atoms with Crippen LogP contribution in [-0.4, -0.2) is 47.3 Å². The number of nitrogens with zero attached hydrogens (tertiary/aromatic N) is 1. The number of carboxylic acid groups (broad SMARTS) is 1. The monoisotopic (exact) mass is 213 g/mol. The molecule has 1 saturated carbocycles. The van der Waals surface area contributed by atoms with Gasteiger partial charge in [0.25, 0.3) is 0 Å². The quantitative estimate of drug-likeness (QED) is 0.716. The Bertz CT molecular complexity index is 250. The molecule has 1 heterocycles. The van der Waals surface area contributed by atoms with Crippen molar-refractivity contribution in [1.82, 2.24) is 4.90 Å². The second-order valence-corrected chi connectivity index (χ2v) is 4.97. The lowest BCUT2D eigenvalue weighted by molar-refractivity contribution is -0.137. The van der Waals surface area contributed by atoms with Gasteiger partial charge >= 0.3 is 5.97 Å². The van der Waals surface area contributed by atoms with Crippen molar-refractivity contribution in [2.75, 3.05) is 26.2 Å². The lowest BCUT2D eigenvalue weighted by atomic mass is 9.63. The van der Waals surface area contributed by atoms with Crippen molar-refractivity contribution >= 4 is 5.97 Å². The van der Waals surface area contributed by atoms with E-state index in [2.05, 4.69) is 4.90 Å². The van der Waals surface area contributed by atoms with Crippen LogP contribution in [0.2, 0.25) is 0 Å². The van der Waals surface area contributed by atoms with Crippen LogP contribution in [0.1, 0.15) is 25.7 Å². The molecule has 0 aromatic rings. The molecule has 2 rings (SSSR count). The molecule has 4 heteroatoms. The van der Waals surface area contributed by atoms with Crippen molar-refractivity contribution in [1.29, 1.82) is 0 Å². The Morgan fingerprint density at radius 1 is 1.47 bits per heavy atom. The fraction of sp³-hybridized carbons (Fsp3) is 0.909. The minimum absolute atomic E-state index is 0.216. The Balaban J connectivity index is 1.87. The maximum Gasteiger partial charge on any atom is 0.304 e. The molecule has 4 nitrogen and oxygen atoms in total. The highest BCUT2D eigenvalue weighted by molar-refractivity contribution is 5.66. The maximum atomic E-state index is 10.5. The van der Waals surface area contributed by atoms with Crippen molar-refractivity contribution in [2.45, 2.75) is 25.7 Å². The average molecular weight is 213 g/mol. The zero-order chi connectivity index (χ0) is 10.9. The molecule has 2 aliphatic rings. The van der Waals surface area contributed by atoms with E-state index in [1.807, 2.05) is 0 Å². The van der Waals surface area contributed by atoms with Gasteiger partial charge in [-0.15, -0.1) is 0 Å². The molecule has 0 bridgehead atoms. The average Bonchev–Trinajstić information content (AvgIpc) is 2.52. The fourth-order valence-electron chi connectivity index (χ4n) is 3.02. The number of rotatable bonds is 4. The van der Waals surface area contributed by atoms with E-state index in [0.29, 0.717) is 17.9 Å². The number of aliphatic carboxylic acids is 1. The van der Waals surface area contributed by atoms with Crippen LogP contribution in [0.15, 0.2) is 0 Å². The van der Waals surface area contributed by atoms with Crippen LogP contribution in [0.5, 0.6) is 0 Å². The summed E-state index contributed by atoms with van der Waals surface area (Å²) in [4.78, 5) is 12.7. The van der Waals surface area contributed by atoms with Crippen LogP contribution in [-0.2, 0) is 4.79 Å². The van der Waals surface area contributed by atoms with Gasteiger partial charge in [-0.25, -0.2) is 0 Å². The molecule has 1 spiro atoms. The van der Waals surface area contributed by atoms with E-state index in [0.717, 1.165) is 13.1 Å². The van der Waals surface area contributed by atoms with Crippen molar-refractivity contribution in [3.63, 3.8) is 0 Å². The van der Waals surface area contributed by atoms with E-state index in [1.54, 1.807) is 0 Å². The molecule has 15 heavy (non-hydrogen) atoms. The smallest absolute Gasteiger partial charge is 0.304 e. The summed E-state index contributed by atoms with van der Waals surface area (Å²) in [5.74, 6) is -0.356. The first-order chi connectivity index (χ1) is 7.16. The van der Waals surface area contributed by atoms with Crippen molar-refractivity contribution in [3.05, 3.63) is 0 Å². The summed E-state index contributed by atoms with van der Waals surface area (Å²) in [6, 6.07) is 0. The van der Waals surface area contributed by atoms with Gasteiger partial charge in [-0.2, -0.15) is 0 Å². The maximum absolute atomic E-state index is 10.5. The molecular weight excluding hydrogens is 194 g/mol. The first-order valence-corrected chi connectivity index (χ1v) is 5.71. The third kappa shape index (κ3) is 2.01. The predicted molar refractivity (Wildman–Crippen MR) is 55.6 cm³/mol. The summed E-state index contributed by atoms with van der Waals surface area (Å²) in [6.45, 7) is 2.76. The van der Waals surface area contributed by atoms with Gasteiger partial charge in [0, 0.05) is 32.2 Å². The van der Waals surface area contributed by atoms with Gasteiger partial charge in [0.1, 0.15) is 0 Å². The summed E-state index contributed by atoms with van der Waals surface area (Å²) in [5.41, 5.74) is 0.327. The fourth-order valence-corrected chi connectivity index (χ4v) is 3.02. The first-order valence-electron chi connectivity index (χ1n) is 5.71. The van der Waals surface area contributed by atoms with E-state index < -0.39 is 5.97 Å². The van der Waals surface area contributed by atoms with Crippen LogP contribution in [0.25, 0.3) is 0 Å². The second kappa shape index (κ2) is 4.10. The molecule has 1 saturated heterocycles. The third-order valence-corrected chi connectivity index (χ3v) is 4.09. The summed E-state index contributed by atoms with van der Waals surface area (Å²) in [6.07, 6.45) is 3.90. The molecular formula is C11H19NO3. The Hall–Kier alpha value is -0.610. The molecule has 0 radical (unpaired) electrons.